The molecule has 1 aliphatic rings. The lowest BCUT2D eigenvalue weighted by Gasteiger charge is -2.29. The average Bonchev–Trinajstić information content (AvgIpc) is 2.69. The van der Waals surface area contributed by atoms with Gasteiger partial charge in [-0.15, -0.1) is 0 Å². The predicted molar refractivity (Wildman–Crippen MR) is 109 cm³/mol. The number of carbonyl (C=O) groups excluding carboxylic acids is 1. The van der Waals surface area contributed by atoms with E-state index in [-0.39, 0.29) is 11.9 Å². The molecule has 2 aromatic carbocycles. The summed E-state index contributed by atoms with van der Waals surface area (Å²) in [7, 11) is 0. The zero-order valence-electron chi connectivity index (χ0n) is 16.4. The fourth-order valence-corrected chi connectivity index (χ4v) is 3.85. The van der Waals surface area contributed by atoms with E-state index in [2.05, 4.69) is 66.8 Å². The van der Waals surface area contributed by atoms with Crippen molar-refractivity contribution in [2.24, 2.45) is 0 Å². The van der Waals surface area contributed by atoms with Crippen LogP contribution in [0.3, 0.4) is 0 Å². The van der Waals surface area contributed by atoms with Crippen molar-refractivity contribution in [2.45, 2.75) is 32.4 Å². The smallest absolute Gasteiger partial charge is 0.275 e. The molecule has 144 valence electrons. The van der Waals surface area contributed by atoms with Crippen LogP contribution in [0.5, 0.6) is 0 Å². The van der Waals surface area contributed by atoms with Crippen LogP contribution >= 0.6 is 0 Å². The van der Waals surface area contributed by atoms with Crippen LogP contribution in [0.15, 0.2) is 60.7 Å². The summed E-state index contributed by atoms with van der Waals surface area (Å²) in [6, 6.07) is 21.4. The molecule has 1 saturated heterocycles. The van der Waals surface area contributed by atoms with Crippen LogP contribution in [0.1, 0.15) is 24.5 Å². The van der Waals surface area contributed by atoms with Crippen molar-refractivity contribution in [3.8, 4) is 0 Å². The maximum atomic E-state index is 12.4. The number of nitrogens with one attached hydrogen (secondary N) is 3. The number of hydrogen-bond acceptors (Lipinski definition) is 1. The Morgan fingerprint density at radius 3 is 2.07 bits per heavy atom. The van der Waals surface area contributed by atoms with Crippen molar-refractivity contribution in [1.82, 2.24) is 5.32 Å². The summed E-state index contributed by atoms with van der Waals surface area (Å²) >= 11 is 0. The quantitative estimate of drug-likeness (QED) is 0.609. The molecule has 1 atom stereocenters. The molecule has 0 aromatic heterocycles. The molecule has 4 heteroatoms. The molecule has 3 N–H and O–H groups in total. The number of benzene rings is 2. The van der Waals surface area contributed by atoms with E-state index in [0.717, 1.165) is 45.6 Å². The molecule has 4 nitrogen and oxygen atoms in total. The maximum Gasteiger partial charge on any atom is 0.275 e. The Morgan fingerprint density at radius 2 is 1.44 bits per heavy atom. The van der Waals surface area contributed by atoms with Gasteiger partial charge in [0.25, 0.3) is 5.91 Å². The summed E-state index contributed by atoms with van der Waals surface area (Å²) in [5.74, 6) is 0.192. The van der Waals surface area contributed by atoms with Crippen LogP contribution in [-0.4, -0.2) is 44.7 Å². The highest BCUT2D eigenvalue weighted by molar-refractivity contribution is 5.77. The first-order valence-corrected chi connectivity index (χ1v) is 10.2. The van der Waals surface area contributed by atoms with Crippen LogP contribution in [-0.2, 0) is 17.8 Å². The van der Waals surface area contributed by atoms with Crippen molar-refractivity contribution >= 4 is 5.91 Å². The second-order valence-electron chi connectivity index (χ2n) is 7.83. The highest BCUT2D eigenvalue weighted by atomic mass is 16.2. The van der Waals surface area contributed by atoms with Crippen molar-refractivity contribution in [3.05, 3.63) is 71.8 Å². The molecule has 27 heavy (non-hydrogen) atoms. The first-order chi connectivity index (χ1) is 13.2. The van der Waals surface area contributed by atoms with Gasteiger partial charge in [-0.05, 0) is 25.3 Å². The molecule has 0 radical (unpaired) electrons. The Labute approximate surface area is 163 Å². The first kappa shape index (κ1) is 19.6. The van der Waals surface area contributed by atoms with Crippen LogP contribution in [0.25, 0.3) is 0 Å². The third-order valence-corrected chi connectivity index (χ3v) is 5.49. The summed E-state index contributed by atoms with van der Waals surface area (Å²) in [6.45, 7) is 8.24. The normalized spacial score (nSPS) is 20.8. The molecule has 1 heterocycles. The lowest BCUT2D eigenvalue weighted by molar-refractivity contribution is -1.02. The summed E-state index contributed by atoms with van der Waals surface area (Å²) in [4.78, 5) is 15.4. The lowest BCUT2D eigenvalue weighted by Crippen LogP contribution is -3.28. The standard InChI is InChI=1S/C23H31N3O/c1-20(12-13-21-8-4-2-5-9-21)24-23(27)19-26-16-14-25(15-17-26)18-22-10-6-3-7-11-22/h2-11,20H,12-19H2,1H3,(H,24,27)/p+2/t20-/m1/s1. The summed E-state index contributed by atoms with van der Waals surface area (Å²) in [5.41, 5.74) is 2.74. The van der Waals surface area contributed by atoms with Crippen LogP contribution in [0.2, 0.25) is 0 Å². The van der Waals surface area contributed by atoms with Crippen molar-refractivity contribution < 1.29 is 14.6 Å². The Bertz CT molecular complexity index is 681. The minimum absolute atomic E-state index is 0.192. The van der Waals surface area contributed by atoms with Gasteiger partial charge >= 0.3 is 0 Å². The SMILES string of the molecule is C[C@H](CCc1ccccc1)NC(=O)C[NH+]1CC[NH+](Cc2ccccc2)CC1. The minimum Gasteiger partial charge on any atom is -0.349 e. The van der Waals surface area contributed by atoms with Gasteiger partial charge in [-0.3, -0.25) is 4.79 Å². The Kier molecular flexibility index (Phi) is 7.43. The average molecular weight is 368 g/mol. The van der Waals surface area contributed by atoms with E-state index in [0.29, 0.717) is 6.54 Å². The molecule has 3 rings (SSSR count). The fourth-order valence-electron chi connectivity index (χ4n) is 3.85. The molecular formula is C23H33N3O+2. The molecule has 0 spiro atoms. The zero-order chi connectivity index (χ0) is 18.9. The number of piperazine rings is 1. The van der Waals surface area contributed by atoms with Crippen LogP contribution in [0.4, 0.5) is 0 Å². The number of aryl methyl sites for hydroxylation is 1. The van der Waals surface area contributed by atoms with E-state index in [9.17, 15) is 4.79 Å². The summed E-state index contributed by atoms with van der Waals surface area (Å²) in [6.07, 6.45) is 2.00. The molecule has 1 fully saturated rings. The number of hydrogen-bond donors (Lipinski definition) is 3. The molecule has 0 saturated carbocycles. The molecule has 0 aliphatic carbocycles. The van der Waals surface area contributed by atoms with Crippen molar-refractivity contribution in [3.63, 3.8) is 0 Å². The predicted octanol–water partition coefficient (Wildman–Crippen LogP) is 0.108. The number of amides is 1. The third kappa shape index (κ3) is 6.81. The van der Waals surface area contributed by atoms with Gasteiger partial charge in [0.1, 0.15) is 32.7 Å². The van der Waals surface area contributed by atoms with E-state index in [1.54, 1.807) is 4.90 Å². The highest BCUT2D eigenvalue weighted by Crippen LogP contribution is 2.04. The lowest BCUT2D eigenvalue weighted by atomic mass is 10.1. The van der Waals surface area contributed by atoms with Gasteiger partial charge in [0.2, 0.25) is 0 Å². The molecule has 2 aromatic rings. The number of quaternary nitrogens is 2. The van der Waals surface area contributed by atoms with Gasteiger partial charge in [0.15, 0.2) is 6.54 Å². The van der Waals surface area contributed by atoms with E-state index < -0.39 is 0 Å². The molecule has 0 unspecified atom stereocenters. The molecule has 1 aliphatic heterocycles. The van der Waals surface area contributed by atoms with Crippen molar-refractivity contribution in [2.75, 3.05) is 32.7 Å². The van der Waals surface area contributed by atoms with E-state index in [1.807, 2.05) is 6.07 Å². The minimum atomic E-state index is 0.192. The Hall–Kier alpha value is -2.17. The largest absolute Gasteiger partial charge is 0.349 e. The second-order valence-corrected chi connectivity index (χ2v) is 7.83. The molecule has 1 amide bonds. The zero-order valence-corrected chi connectivity index (χ0v) is 16.4. The van der Waals surface area contributed by atoms with E-state index in [4.69, 9.17) is 0 Å². The Balaban J connectivity index is 1.33. The van der Waals surface area contributed by atoms with Gasteiger partial charge in [-0.1, -0.05) is 60.7 Å². The van der Waals surface area contributed by atoms with E-state index >= 15 is 0 Å². The summed E-state index contributed by atoms with van der Waals surface area (Å²) < 4.78 is 0. The Morgan fingerprint density at radius 1 is 0.889 bits per heavy atom. The molecular weight excluding hydrogens is 334 g/mol. The van der Waals surface area contributed by atoms with Gasteiger partial charge in [-0.25, -0.2) is 0 Å². The van der Waals surface area contributed by atoms with Crippen LogP contribution in [0, 0.1) is 0 Å². The fraction of sp³-hybridized carbons (Fsp3) is 0.435. The molecule has 0 bridgehead atoms. The number of carbonyl (C=O) groups is 1. The van der Waals surface area contributed by atoms with Gasteiger partial charge in [-0.2, -0.15) is 0 Å². The topological polar surface area (TPSA) is 38.0 Å². The first-order valence-electron chi connectivity index (χ1n) is 10.2. The second kappa shape index (κ2) is 10.2. The van der Waals surface area contributed by atoms with Gasteiger partial charge < -0.3 is 15.1 Å². The number of rotatable bonds is 8. The van der Waals surface area contributed by atoms with Gasteiger partial charge in [0.05, 0.1) is 0 Å². The van der Waals surface area contributed by atoms with E-state index in [1.165, 1.54) is 16.0 Å². The maximum absolute atomic E-state index is 12.4. The van der Waals surface area contributed by atoms with Gasteiger partial charge in [0, 0.05) is 11.6 Å². The monoisotopic (exact) mass is 367 g/mol. The highest BCUT2D eigenvalue weighted by Gasteiger charge is 2.25. The van der Waals surface area contributed by atoms with Crippen molar-refractivity contribution in [1.29, 1.82) is 0 Å². The van der Waals surface area contributed by atoms with Crippen LogP contribution < -0.4 is 15.1 Å². The summed E-state index contributed by atoms with van der Waals surface area (Å²) in [5, 5.41) is 3.18. The third-order valence-electron chi connectivity index (χ3n) is 5.49.